The molecule has 130 valence electrons. The van der Waals surface area contributed by atoms with Crippen LogP contribution in [0.1, 0.15) is 38.2 Å². The van der Waals surface area contributed by atoms with E-state index in [9.17, 15) is 19.5 Å². The lowest BCUT2D eigenvalue weighted by Crippen LogP contribution is -2.40. The Morgan fingerprint density at radius 2 is 1.96 bits per heavy atom. The zero-order valence-corrected chi connectivity index (χ0v) is 14.8. The van der Waals surface area contributed by atoms with Crippen LogP contribution in [0.2, 0.25) is 0 Å². The molecule has 24 heavy (non-hydrogen) atoms. The Balaban J connectivity index is 2.04. The molecule has 1 amide bonds. The van der Waals surface area contributed by atoms with Gasteiger partial charge in [0, 0.05) is 25.6 Å². The Bertz CT molecular complexity index is 604. The van der Waals surface area contributed by atoms with Gasteiger partial charge in [0.2, 0.25) is 5.91 Å². The van der Waals surface area contributed by atoms with Crippen molar-refractivity contribution in [3.8, 4) is 0 Å². The quantitative estimate of drug-likeness (QED) is 0.855. The first-order valence-electron chi connectivity index (χ1n) is 8.10. The lowest BCUT2D eigenvalue weighted by Gasteiger charge is -2.22. The number of amides is 1. The van der Waals surface area contributed by atoms with Gasteiger partial charge < -0.3 is 10.0 Å². The summed E-state index contributed by atoms with van der Waals surface area (Å²) in [5, 5.41) is 9.43. The zero-order valence-electron chi connectivity index (χ0n) is 14.0. The molecule has 0 aromatic heterocycles. The first kappa shape index (κ1) is 18.5. The monoisotopic (exact) mass is 349 g/mol. The summed E-state index contributed by atoms with van der Waals surface area (Å²) in [4.78, 5) is 36.4. The van der Waals surface area contributed by atoms with Crippen LogP contribution >= 0.6 is 11.8 Å². The molecule has 1 aromatic rings. The van der Waals surface area contributed by atoms with E-state index in [0.717, 1.165) is 17.3 Å². The highest BCUT2D eigenvalue weighted by atomic mass is 32.2. The second-order valence-corrected chi connectivity index (χ2v) is 7.46. The minimum Gasteiger partial charge on any atom is -0.480 e. The van der Waals surface area contributed by atoms with Crippen LogP contribution in [-0.4, -0.2) is 45.3 Å². The summed E-state index contributed by atoms with van der Waals surface area (Å²) in [6.45, 7) is 4.00. The fraction of sp³-hybridized carbons (Fsp3) is 0.500. The van der Waals surface area contributed by atoms with E-state index in [0.29, 0.717) is 18.7 Å². The van der Waals surface area contributed by atoms with Crippen molar-refractivity contribution >= 4 is 28.8 Å². The van der Waals surface area contributed by atoms with E-state index in [1.54, 1.807) is 0 Å². The number of hydrogen-bond acceptors (Lipinski definition) is 4. The lowest BCUT2D eigenvalue weighted by molar-refractivity contribution is -0.148. The number of carboxylic acids is 1. The van der Waals surface area contributed by atoms with E-state index in [2.05, 4.69) is 6.92 Å². The van der Waals surface area contributed by atoms with Gasteiger partial charge in [-0.3, -0.25) is 9.59 Å². The number of aliphatic carboxylic acids is 1. The molecule has 0 aliphatic carbocycles. The molecule has 1 N–H and O–H groups in total. The van der Waals surface area contributed by atoms with Crippen molar-refractivity contribution in [1.82, 2.24) is 4.90 Å². The van der Waals surface area contributed by atoms with Crippen LogP contribution < -0.4 is 0 Å². The molecule has 1 unspecified atom stereocenters. The third kappa shape index (κ3) is 4.60. The Morgan fingerprint density at radius 1 is 1.29 bits per heavy atom. The van der Waals surface area contributed by atoms with Crippen molar-refractivity contribution in [3.05, 3.63) is 35.9 Å². The Hall–Kier alpha value is -1.82. The normalized spacial score (nSPS) is 21.5. The van der Waals surface area contributed by atoms with Crippen molar-refractivity contribution in [2.24, 2.45) is 5.92 Å². The minimum absolute atomic E-state index is 0.0328. The first-order chi connectivity index (χ1) is 11.4. The molecule has 0 radical (unpaired) electrons. The maximum absolute atomic E-state index is 12.4. The Labute approximate surface area is 146 Å². The van der Waals surface area contributed by atoms with E-state index in [4.69, 9.17) is 0 Å². The van der Waals surface area contributed by atoms with E-state index >= 15 is 0 Å². The third-order valence-corrected chi connectivity index (χ3v) is 5.41. The standard InChI is InChI=1S/C18H23NO4S/c1-12(14-6-4-3-5-7-14)15-10-16(18(22)23)19(11-15)17(21)8-9-24-13(2)20/h3-7,12,15-16H,8-11H2,1-2H3,(H,22,23)/t12?,15-,16+/m1/s1. The topological polar surface area (TPSA) is 74.7 Å². The lowest BCUT2D eigenvalue weighted by atomic mass is 9.86. The summed E-state index contributed by atoms with van der Waals surface area (Å²) in [6, 6.07) is 9.20. The number of rotatable bonds is 6. The van der Waals surface area contributed by atoms with Crippen LogP contribution in [0.5, 0.6) is 0 Å². The summed E-state index contributed by atoms with van der Waals surface area (Å²) in [5.74, 6) is -0.421. The largest absolute Gasteiger partial charge is 0.480 e. The molecule has 1 saturated heterocycles. The summed E-state index contributed by atoms with van der Waals surface area (Å²) in [6.07, 6.45) is 0.664. The number of benzene rings is 1. The summed E-state index contributed by atoms with van der Waals surface area (Å²) in [7, 11) is 0. The SMILES string of the molecule is CC(=O)SCCC(=O)N1C[C@H](C(C)c2ccccc2)C[C@H]1C(=O)O. The van der Waals surface area contributed by atoms with Gasteiger partial charge in [0.15, 0.2) is 5.12 Å². The molecular weight excluding hydrogens is 326 g/mol. The first-order valence-corrected chi connectivity index (χ1v) is 9.09. The van der Waals surface area contributed by atoms with Gasteiger partial charge in [-0.15, -0.1) is 0 Å². The van der Waals surface area contributed by atoms with Gasteiger partial charge >= 0.3 is 5.97 Å². The van der Waals surface area contributed by atoms with Crippen molar-refractivity contribution < 1.29 is 19.5 Å². The summed E-state index contributed by atoms with van der Waals surface area (Å²) >= 11 is 1.10. The molecular formula is C18H23NO4S. The van der Waals surface area contributed by atoms with Crippen LogP contribution in [0.15, 0.2) is 30.3 Å². The number of likely N-dealkylation sites (tertiary alicyclic amines) is 1. The molecule has 1 heterocycles. The third-order valence-electron chi connectivity index (χ3n) is 4.59. The predicted molar refractivity (Wildman–Crippen MR) is 93.9 cm³/mol. The number of thioether (sulfide) groups is 1. The fourth-order valence-electron chi connectivity index (χ4n) is 3.19. The maximum atomic E-state index is 12.4. The maximum Gasteiger partial charge on any atom is 0.326 e. The molecule has 1 aliphatic rings. The number of hydrogen-bond donors (Lipinski definition) is 1. The van der Waals surface area contributed by atoms with E-state index < -0.39 is 12.0 Å². The predicted octanol–water partition coefficient (Wildman–Crippen LogP) is 2.76. The molecule has 1 aliphatic heterocycles. The number of carbonyl (C=O) groups excluding carboxylic acids is 2. The summed E-state index contributed by atoms with van der Waals surface area (Å²) in [5.41, 5.74) is 1.16. The van der Waals surface area contributed by atoms with Crippen molar-refractivity contribution in [1.29, 1.82) is 0 Å². The zero-order chi connectivity index (χ0) is 17.7. The highest BCUT2D eigenvalue weighted by molar-refractivity contribution is 8.13. The van der Waals surface area contributed by atoms with E-state index in [1.807, 2.05) is 30.3 Å². The van der Waals surface area contributed by atoms with Gasteiger partial charge in [-0.25, -0.2) is 4.79 Å². The molecule has 6 heteroatoms. The molecule has 2 rings (SSSR count). The molecule has 3 atom stereocenters. The highest BCUT2D eigenvalue weighted by Crippen LogP contribution is 2.35. The molecule has 0 saturated carbocycles. The minimum atomic E-state index is -0.953. The van der Waals surface area contributed by atoms with Crippen LogP contribution in [0.3, 0.4) is 0 Å². The van der Waals surface area contributed by atoms with Gasteiger partial charge in [0.25, 0.3) is 0 Å². The molecule has 1 aromatic carbocycles. The Kier molecular flexibility index (Phi) is 6.43. The second-order valence-electron chi connectivity index (χ2n) is 6.19. The second kappa shape index (κ2) is 8.33. The van der Waals surface area contributed by atoms with Gasteiger partial charge in [0.1, 0.15) is 6.04 Å². The number of nitrogens with zero attached hydrogens (tertiary/aromatic N) is 1. The molecule has 1 fully saturated rings. The average Bonchev–Trinajstić information content (AvgIpc) is 3.00. The van der Waals surface area contributed by atoms with Crippen molar-refractivity contribution in [2.75, 3.05) is 12.3 Å². The highest BCUT2D eigenvalue weighted by Gasteiger charge is 2.41. The Morgan fingerprint density at radius 3 is 2.54 bits per heavy atom. The van der Waals surface area contributed by atoms with Gasteiger partial charge in [0.05, 0.1) is 0 Å². The van der Waals surface area contributed by atoms with Crippen LogP contribution in [0.25, 0.3) is 0 Å². The van der Waals surface area contributed by atoms with Gasteiger partial charge in [-0.05, 0) is 23.8 Å². The molecule has 0 bridgehead atoms. The number of carboxylic acid groups (broad SMARTS) is 1. The fourth-order valence-corrected chi connectivity index (χ4v) is 3.76. The average molecular weight is 349 g/mol. The van der Waals surface area contributed by atoms with E-state index in [1.165, 1.54) is 11.8 Å². The van der Waals surface area contributed by atoms with Crippen LogP contribution in [0, 0.1) is 5.92 Å². The van der Waals surface area contributed by atoms with E-state index in [-0.39, 0.29) is 29.3 Å². The number of carbonyl (C=O) groups is 3. The van der Waals surface area contributed by atoms with Gasteiger partial charge in [-0.1, -0.05) is 49.0 Å². The van der Waals surface area contributed by atoms with Gasteiger partial charge in [-0.2, -0.15) is 0 Å². The molecule has 0 spiro atoms. The van der Waals surface area contributed by atoms with Crippen molar-refractivity contribution in [3.63, 3.8) is 0 Å². The molecule has 5 nitrogen and oxygen atoms in total. The summed E-state index contributed by atoms with van der Waals surface area (Å²) < 4.78 is 0. The van der Waals surface area contributed by atoms with Crippen LogP contribution in [-0.2, 0) is 14.4 Å². The van der Waals surface area contributed by atoms with Crippen molar-refractivity contribution in [2.45, 2.75) is 38.6 Å². The smallest absolute Gasteiger partial charge is 0.326 e. The van der Waals surface area contributed by atoms with Crippen LogP contribution in [0.4, 0.5) is 0 Å².